The molecule has 3 aliphatic rings. The molecule has 2 bridgehead atoms. The van der Waals surface area contributed by atoms with Gasteiger partial charge in [0.05, 0.1) is 18.7 Å². The summed E-state index contributed by atoms with van der Waals surface area (Å²) in [5.74, 6) is -3.14. The lowest BCUT2D eigenvalue weighted by Gasteiger charge is -2.52. The van der Waals surface area contributed by atoms with Gasteiger partial charge in [-0.15, -0.1) is 0 Å². The number of carbonyl (C=O) groups is 1. The Morgan fingerprint density at radius 2 is 2.14 bits per heavy atom. The number of hydrogen-bond donors (Lipinski definition) is 0. The fourth-order valence-corrected chi connectivity index (χ4v) is 5.01. The molecule has 1 aromatic heterocycles. The van der Waals surface area contributed by atoms with E-state index < -0.39 is 17.9 Å². The Bertz CT molecular complexity index is 915. The zero-order chi connectivity index (χ0) is 20.8. The second-order valence-corrected chi connectivity index (χ2v) is 8.22. The van der Waals surface area contributed by atoms with Gasteiger partial charge in [-0.2, -0.15) is 0 Å². The summed E-state index contributed by atoms with van der Waals surface area (Å²) in [6.07, 6.45) is 2.49. The van der Waals surface area contributed by atoms with Crippen LogP contribution in [0.15, 0.2) is 30.5 Å². The molecule has 0 radical (unpaired) electrons. The van der Waals surface area contributed by atoms with Crippen molar-refractivity contribution in [3.8, 4) is 5.75 Å². The fraction of sp³-hybridized carbons (Fsp3) is 0.545. The molecule has 0 aliphatic carbocycles. The van der Waals surface area contributed by atoms with Crippen LogP contribution in [0.3, 0.4) is 0 Å². The van der Waals surface area contributed by atoms with E-state index in [0.717, 1.165) is 36.4 Å². The molecule has 5 atom stereocenters. The van der Waals surface area contributed by atoms with Gasteiger partial charge in [0, 0.05) is 36.5 Å². The van der Waals surface area contributed by atoms with Gasteiger partial charge in [-0.3, -0.25) is 14.7 Å². The number of pyridine rings is 1. The lowest BCUT2D eigenvalue weighted by molar-refractivity contribution is -0.166. The maximum Gasteiger partial charge on any atom is 0.303 e. The largest absolute Gasteiger partial charge is 0.497 e. The number of rotatable bonds is 5. The molecule has 3 fully saturated rings. The van der Waals surface area contributed by atoms with E-state index in [1.165, 1.54) is 6.92 Å². The van der Waals surface area contributed by atoms with E-state index >= 15 is 0 Å². The van der Waals surface area contributed by atoms with E-state index in [4.69, 9.17) is 9.47 Å². The van der Waals surface area contributed by atoms with Gasteiger partial charge in [0.1, 0.15) is 11.9 Å². The van der Waals surface area contributed by atoms with E-state index in [1.807, 2.05) is 24.3 Å². The van der Waals surface area contributed by atoms with Crippen LogP contribution in [-0.4, -0.2) is 48.0 Å². The first-order valence-electron chi connectivity index (χ1n) is 9.99. The molecular weight excluding hydrogens is 378 g/mol. The van der Waals surface area contributed by atoms with Crippen molar-refractivity contribution in [2.75, 3.05) is 20.2 Å². The van der Waals surface area contributed by atoms with E-state index in [2.05, 4.69) is 9.88 Å². The van der Waals surface area contributed by atoms with Crippen LogP contribution in [0.1, 0.15) is 38.4 Å². The molecule has 0 N–H and O–H groups in total. The molecule has 0 saturated carbocycles. The number of methoxy groups -OCH3 is 1. The highest BCUT2D eigenvalue weighted by atomic mass is 19.3. The van der Waals surface area contributed by atoms with E-state index in [-0.39, 0.29) is 17.9 Å². The number of alkyl halides is 2. The van der Waals surface area contributed by atoms with Crippen LogP contribution >= 0.6 is 0 Å². The zero-order valence-corrected chi connectivity index (χ0v) is 16.9. The number of benzene rings is 1. The highest BCUT2D eigenvalue weighted by Gasteiger charge is 2.51. The first kappa shape index (κ1) is 20.0. The van der Waals surface area contributed by atoms with Crippen molar-refractivity contribution < 1.29 is 23.0 Å². The Morgan fingerprint density at radius 1 is 1.34 bits per heavy atom. The van der Waals surface area contributed by atoms with E-state index in [9.17, 15) is 13.6 Å². The van der Waals surface area contributed by atoms with Crippen LogP contribution in [0.2, 0.25) is 0 Å². The van der Waals surface area contributed by atoms with Crippen molar-refractivity contribution in [1.29, 1.82) is 0 Å². The summed E-state index contributed by atoms with van der Waals surface area (Å²) in [7, 11) is 1.59. The smallest absolute Gasteiger partial charge is 0.303 e. The Kier molecular flexibility index (Phi) is 5.19. The van der Waals surface area contributed by atoms with Gasteiger partial charge < -0.3 is 9.47 Å². The van der Waals surface area contributed by atoms with Gasteiger partial charge in [0.25, 0.3) is 0 Å². The Hall–Kier alpha value is -2.28. The van der Waals surface area contributed by atoms with Crippen LogP contribution in [0, 0.1) is 11.8 Å². The molecule has 5 rings (SSSR count). The van der Waals surface area contributed by atoms with Crippen LogP contribution < -0.4 is 4.74 Å². The van der Waals surface area contributed by atoms with Crippen LogP contribution in [0.25, 0.3) is 10.9 Å². The Morgan fingerprint density at radius 3 is 2.76 bits per heavy atom. The molecule has 1 unspecified atom stereocenters. The van der Waals surface area contributed by atoms with Crippen molar-refractivity contribution in [3.05, 3.63) is 36.0 Å². The maximum absolute atomic E-state index is 14.1. The van der Waals surface area contributed by atoms with Crippen molar-refractivity contribution in [2.45, 2.75) is 44.8 Å². The van der Waals surface area contributed by atoms with Crippen LogP contribution in [0.4, 0.5) is 8.78 Å². The number of esters is 1. The summed E-state index contributed by atoms with van der Waals surface area (Å²) in [4.78, 5) is 18.4. The third-order valence-electron chi connectivity index (χ3n) is 6.38. The van der Waals surface area contributed by atoms with Crippen molar-refractivity contribution in [2.24, 2.45) is 11.8 Å². The third kappa shape index (κ3) is 3.80. The molecule has 29 heavy (non-hydrogen) atoms. The van der Waals surface area contributed by atoms with Gasteiger partial charge in [-0.05, 0) is 56.5 Å². The van der Waals surface area contributed by atoms with E-state index in [1.54, 1.807) is 13.3 Å². The van der Waals surface area contributed by atoms with E-state index in [0.29, 0.717) is 18.7 Å². The molecule has 1 aromatic carbocycles. The highest BCUT2D eigenvalue weighted by Crippen LogP contribution is 2.47. The molecule has 3 saturated heterocycles. The number of hydrogen-bond acceptors (Lipinski definition) is 5. The summed E-state index contributed by atoms with van der Waals surface area (Å²) < 4.78 is 39.3. The minimum absolute atomic E-state index is 0.0781. The molecule has 0 spiro atoms. The SMILES string of the molecule is COc1ccc2nccc([C@H](OC(C)=O)[C@@H]3C[C@@H]4CCN3C[C@@H]4C(C)(F)F)c2c1. The lowest BCUT2D eigenvalue weighted by atomic mass is 9.71. The number of ether oxygens (including phenoxy) is 2. The molecule has 5 nitrogen and oxygen atoms in total. The molecule has 3 aliphatic heterocycles. The average molecular weight is 404 g/mol. The summed E-state index contributed by atoms with van der Waals surface area (Å²) in [5.41, 5.74) is 1.61. The number of piperidine rings is 3. The molecule has 7 heteroatoms. The highest BCUT2D eigenvalue weighted by molar-refractivity contribution is 5.84. The molecule has 4 heterocycles. The van der Waals surface area contributed by atoms with Crippen molar-refractivity contribution >= 4 is 16.9 Å². The summed E-state index contributed by atoms with van der Waals surface area (Å²) >= 11 is 0. The quantitative estimate of drug-likeness (QED) is 0.699. The Labute approximate surface area is 169 Å². The first-order chi connectivity index (χ1) is 13.8. The predicted molar refractivity (Wildman–Crippen MR) is 105 cm³/mol. The number of fused-ring (bicyclic) bond motifs is 4. The standard InChI is InChI=1S/C22H26F2N2O3/c1-13(27)29-21(16-6-8-25-19-5-4-15(28-3)11-17(16)19)20-10-14-7-9-26(20)12-18(14)22(2,23)24/h4-6,8,11,14,18,20-21H,7,9-10,12H2,1-3H3/t14-,18-,20-,21-/m0/s1. The number of aromatic nitrogens is 1. The molecule has 156 valence electrons. The first-order valence-corrected chi connectivity index (χ1v) is 9.99. The number of carbonyl (C=O) groups excluding carboxylic acids is 1. The summed E-state index contributed by atoms with van der Waals surface area (Å²) in [6, 6.07) is 7.30. The zero-order valence-electron chi connectivity index (χ0n) is 16.9. The monoisotopic (exact) mass is 404 g/mol. The van der Waals surface area contributed by atoms with Gasteiger partial charge in [-0.25, -0.2) is 8.78 Å². The summed E-state index contributed by atoms with van der Waals surface area (Å²) in [5, 5.41) is 0.845. The molecule has 0 amide bonds. The lowest BCUT2D eigenvalue weighted by Crippen LogP contribution is -2.59. The minimum atomic E-state index is -2.71. The van der Waals surface area contributed by atoms with Crippen LogP contribution in [-0.2, 0) is 9.53 Å². The molecule has 2 aromatic rings. The topological polar surface area (TPSA) is 51.7 Å². The second-order valence-electron chi connectivity index (χ2n) is 8.22. The predicted octanol–water partition coefficient (Wildman–Crippen LogP) is 4.21. The van der Waals surface area contributed by atoms with Crippen molar-refractivity contribution in [1.82, 2.24) is 9.88 Å². The van der Waals surface area contributed by atoms with Gasteiger partial charge in [-0.1, -0.05) is 0 Å². The maximum atomic E-state index is 14.1. The number of nitrogens with zero attached hydrogens (tertiary/aromatic N) is 2. The van der Waals surface area contributed by atoms with Gasteiger partial charge in [0.15, 0.2) is 0 Å². The minimum Gasteiger partial charge on any atom is -0.497 e. The normalized spacial score (nSPS) is 27.6. The fourth-order valence-electron chi connectivity index (χ4n) is 5.01. The second kappa shape index (κ2) is 7.52. The number of halogens is 2. The van der Waals surface area contributed by atoms with Crippen LogP contribution in [0.5, 0.6) is 5.75 Å². The Balaban J connectivity index is 1.74. The molecular formula is C22H26F2N2O3. The van der Waals surface area contributed by atoms with Crippen molar-refractivity contribution in [3.63, 3.8) is 0 Å². The summed E-state index contributed by atoms with van der Waals surface area (Å²) in [6.45, 7) is 3.46. The third-order valence-corrected chi connectivity index (χ3v) is 6.38. The average Bonchev–Trinajstić information content (AvgIpc) is 2.70. The van der Waals surface area contributed by atoms with Gasteiger partial charge >= 0.3 is 5.97 Å². The van der Waals surface area contributed by atoms with Gasteiger partial charge in [0.2, 0.25) is 5.92 Å².